The van der Waals surface area contributed by atoms with Crippen LogP contribution in [0.4, 0.5) is 0 Å². The fourth-order valence-corrected chi connectivity index (χ4v) is 1.68. The van der Waals surface area contributed by atoms with Crippen LogP contribution in [-0.4, -0.2) is 37.1 Å². The SMILES string of the molecule is CC.CN1C2CNCC1C2. The van der Waals surface area contributed by atoms with Gasteiger partial charge in [0.25, 0.3) is 0 Å². The number of hydrogen-bond donors (Lipinski definition) is 1. The Hall–Kier alpha value is -0.0800. The minimum atomic E-state index is 0.869. The van der Waals surface area contributed by atoms with Gasteiger partial charge in [0, 0.05) is 25.2 Å². The maximum absolute atomic E-state index is 3.37. The van der Waals surface area contributed by atoms with Gasteiger partial charge in [-0.3, -0.25) is 4.90 Å². The van der Waals surface area contributed by atoms with Gasteiger partial charge in [0.1, 0.15) is 0 Å². The van der Waals surface area contributed by atoms with Crippen LogP contribution >= 0.6 is 0 Å². The van der Waals surface area contributed by atoms with E-state index >= 15 is 0 Å². The summed E-state index contributed by atoms with van der Waals surface area (Å²) >= 11 is 0. The molecule has 3 fully saturated rings. The minimum absolute atomic E-state index is 0.869. The number of fused-ring (bicyclic) bond motifs is 2. The van der Waals surface area contributed by atoms with Gasteiger partial charge in [-0.05, 0) is 13.5 Å². The van der Waals surface area contributed by atoms with Gasteiger partial charge in [-0.1, -0.05) is 13.8 Å². The predicted molar refractivity (Wildman–Crippen MR) is 44.2 cm³/mol. The van der Waals surface area contributed by atoms with Gasteiger partial charge in [0.2, 0.25) is 0 Å². The Labute approximate surface area is 63.6 Å². The van der Waals surface area contributed by atoms with Gasteiger partial charge in [-0.15, -0.1) is 0 Å². The molecule has 1 N–H and O–H groups in total. The summed E-state index contributed by atoms with van der Waals surface area (Å²) in [5.41, 5.74) is 0. The predicted octanol–water partition coefficient (Wildman–Crippen LogP) is 0.689. The molecule has 3 heterocycles. The van der Waals surface area contributed by atoms with Crippen molar-refractivity contribution in [2.75, 3.05) is 20.1 Å². The second-order valence-corrected chi connectivity index (χ2v) is 2.87. The lowest BCUT2D eigenvalue weighted by Gasteiger charge is -2.51. The number of hydrogen-bond acceptors (Lipinski definition) is 2. The fourth-order valence-electron chi connectivity index (χ4n) is 1.68. The van der Waals surface area contributed by atoms with Gasteiger partial charge < -0.3 is 5.32 Å². The fraction of sp³-hybridized carbons (Fsp3) is 1.00. The molecule has 0 aromatic rings. The topological polar surface area (TPSA) is 15.3 Å². The first-order valence-electron chi connectivity index (χ1n) is 4.30. The molecule has 2 bridgehead atoms. The van der Waals surface area contributed by atoms with E-state index in [0.717, 1.165) is 12.1 Å². The van der Waals surface area contributed by atoms with Crippen molar-refractivity contribution >= 4 is 0 Å². The van der Waals surface area contributed by atoms with Gasteiger partial charge in [0.15, 0.2) is 0 Å². The molecule has 60 valence electrons. The molecule has 0 radical (unpaired) electrons. The molecule has 0 aromatic heterocycles. The summed E-state index contributed by atoms with van der Waals surface area (Å²) in [6.07, 6.45) is 1.43. The van der Waals surface area contributed by atoms with Crippen molar-refractivity contribution in [2.24, 2.45) is 0 Å². The summed E-state index contributed by atoms with van der Waals surface area (Å²) in [7, 11) is 2.22. The van der Waals surface area contributed by atoms with E-state index in [1.807, 2.05) is 13.8 Å². The van der Waals surface area contributed by atoms with Crippen LogP contribution in [0.1, 0.15) is 20.3 Å². The molecule has 2 heteroatoms. The Balaban J connectivity index is 0.000000231. The van der Waals surface area contributed by atoms with E-state index in [9.17, 15) is 0 Å². The number of rotatable bonds is 0. The first-order valence-corrected chi connectivity index (χ1v) is 4.30. The summed E-state index contributed by atoms with van der Waals surface area (Å²) < 4.78 is 0. The number of piperazine rings is 1. The lowest BCUT2D eigenvalue weighted by atomic mass is 9.90. The molecule has 0 aromatic carbocycles. The molecule has 2 atom stereocenters. The molecule has 0 aliphatic carbocycles. The standard InChI is InChI=1S/C6H12N2.C2H6/c1-8-5-2-6(8)4-7-3-5;1-2/h5-7H,2-4H2,1H3;1-2H3. The number of piperidine rings is 1. The van der Waals surface area contributed by atoms with E-state index in [1.54, 1.807) is 0 Å². The van der Waals surface area contributed by atoms with E-state index in [-0.39, 0.29) is 0 Å². The highest BCUT2D eigenvalue weighted by Gasteiger charge is 2.37. The molecule has 10 heavy (non-hydrogen) atoms. The van der Waals surface area contributed by atoms with E-state index in [2.05, 4.69) is 17.3 Å². The minimum Gasteiger partial charge on any atom is -0.314 e. The van der Waals surface area contributed by atoms with Crippen molar-refractivity contribution in [2.45, 2.75) is 32.4 Å². The van der Waals surface area contributed by atoms with E-state index in [1.165, 1.54) is 19.5 Å². The van der Waals surface area contributed by atoms with Crippen LogP contribution in [0, 0.1) is 0 Å². The molecular formula is C8H18N2. The van der Waals surface area contributed by atoms with Gasteiger partial charge in [-0.25, -0.2) is 0 Å². The third kappa shape index (κ3) is 1.18. The number of nitrogens with one attached hydrogen (secondary N) is 1. The van der Waals surface area contributed by atoms with Gasteiger partial charge in [-0.2, -0.15) is 0 Å². The molecule has 2 nitrogen and oxygen atoms in total. The summed E-state index contributed by atoms with van der Waals surface area (Å²) in [6, 6.07) is 1.74. The van der Waals surface area contributed by atoms with Crippen LogP contribution in [0.3, 0.4) is 0 Å². The second-order valence-electron chi connectivity index (χ2n) is 2.87. The van der Waals surface area contributed by atoms with E-state index < -0.39 is 0 Å². The highest BCUT2D eigenvalue weighted by molar-refractivity contribution is 4.97. The Bertz CT molecular complexity index is 89.4. The quantitative estimate of drug-likeness (QED) is 0.535. The van der Waals surface area contributed by atoms with Crippen molar-refractivity contribution < 1.29 is 0 Å². The molecule has 3 aliphatic heterocycles. The molecule has 3 aliphatic rings. The number of likely N-dealkylation sites (N-methyl/N-ethyl adjacent to an activating group) is 1. The van der Waals surface area contributed by atoms with Crippen molar-refractivity contribution in [3.05, 3.63) is 0 Å². The molecule has 3 rings (SSSR count). The zero-order valence-electron chi connectivity index (χ0n) is 7.22. The Morgan fingerprint density at radius 3 is 1.90 bits per heavy atom. The highest BCUT2D eigenvalue weighted by atomic mass is 15.3. The molecule has 0 spiro atoms. The zero-order chi connectivity index (χ0) is 7.56. The van der Waals surface area contributed by atoms with Crippen LogP contribution in [0.2, 0.25) is 0 Å². The molecule has 3 saturated heterocycles. The monoisotopic (exact) mass is 142 g/mol. The van der Waals surface area contributed by atoms with Crippen molar-refractivity contribution in [3.8, 4) is 0 Å². The average Bonchev–Trinajstić information content (AvgIpc) is 2.08. The first kappa shape index (κ1) is 8.02. The first-order chi connectivity index (χ1) is 4.88. The van der Waals surface area contributed by atoms with Crippen LogP contribution in [-0.2, 0) is 0 Å². The van der Waals surface area contributed by atoms with E-state index in [4.69, 9.17) is 0 Å². The largest absolute Gasteiger partial charge is 0.314 e. The molecule has 0 amide bonds. The summed E-state index contributed by atoms with van der Waals surface area (Å²) in [5, 5.41) is 3.37. The van der Waals surface area contributed by atoms with Crippen molar-refractivity contribution in [1.82, 2.24) is 10.2 Å². The summed E-state index contributed by atoms with van der Waals surface area (Å²) in [4.78, 5) is 2.47. The maximum atomic E-state index is 3.37. The summed E-state index contributed by atoms with van der Waals surface area (Å²) in [6.45, 7) is 6.43. The Kier molecular flexibility index (Phi) is 2.69. The lowest BCUT2D eigenvalue weighted by molar-refractivity contribution is 0.0125. The van der Waals surface area contributed by atoms with Gasteiger partial charge >= 0.3 is 0 Å². The Morgan fingerprint density at radius 2 is 1.70 bits per heavy atom. The Morgan fingerprint density at radius 1 is 1.20 bits per heavy atom. The normalized spacial score (nSPS) is 37.5. The highest BCUT2D eigenvalue weighted by Crippen LogP contribution is 2.25. The molecular weight excluding hydrogens is 124 g/mol. The third-order valence-electron chi connectivity index (χ3n) is 2.46. The summed E-state index contributed by atoms with van der Waals surface area (Å²) in [5.74, 6) is 0. The smallest absolute Gasteiger partial charge is 0.0236 e. The number of nitrogens with zero attached hydrogens (tertiary/aromatic N) is 1. The van der Waals surface area contributed by atoms with Crippen LogP contribution in [0.15, 0.2) is 0 Å². The molecule has 2 unspecified atom stereocenters. The lowest BCUT2D eigenvalue weighted by Crippen LogP contribution is -2.66. The van der Waals surface area contributed by atoms with Crippen LogP contribution < -0.4 is 5.32 Å². The molecule has 0 saturated carbocycles. The second kappa shape index (κ2) is 3.35. The van der Waals surface area contributed by atoms with Crippen LogP contribution in [0.25, 0.3) is 0 Å². The van der Waals surface area contributed by atoms with E-state index in [0.29, 0.717) is 0 Å². The average molecular weight is 142 g/mol. The van der Waals surface area contributed by atoms with Gasteiger partial charge in [0.05, 0.1) is 0 Å². The van der Waals surface area contributed by atoms with Crippen molar-refractivity contribution in [1.29, 1.82) is 0 Å². The third-order valence-corrected chi connectivity index (χ3v) is 2.46. The van der Waals surface area contributed by atoms with Crippen molar-refractivity contribution in [3.63, 3.8) is 0 Å². The maximum Gasteiger partial charge on any atom is 0.0236 e. The zero-order valence-corrected chi connectivity index (χ0v) is 7.22. The van der Waals surface area contributed by atoms with Crippen LogP contribution in [0.5, 0.6) is 0 Å².